The molecular weight excluding hydrogens is 288 g/mol. The third-order valence-electron chi connectivity index (χ3n) is 4.07. The van der Waals surface area contributed by atoms with Crippen LogP contribution in [0.15, 0.2) is 23.2 Å². The first kappa shape index (κ1) is 16.4. The number of hydrogen-bond donors (Lipinski definition) is 1. The van der Waals surface area contributed by atoms with Gasteiger partial charge in [-0.05, 0) is 51.0 Å². The first-order valence-electron chi connectivity index (χ1n) is 7.23. The lowest BCUT2D eigenvalue weighted by molar-refractivity contribution is 0.202. The van der Waals surface area contributed by atoms with Gasteiger partial charge in [-0.15, -0.1) is 0 Å². The standard InChI is InChI=1S/C14H24N4O2S/c1-17-7-5-12(6-8-17)11-18(2)21(19,20)14-4-3-13(9-15)16-10-14/h3-4,10,12H,5-9,11,15H2,1-2H3. The average molecular weight is 312 g/mol. The summed E-state index contributed by atoms with van der Waals surface area (Å²) in [4.78, 5) is 6.57. The molecule has 0 atom stereocenters. The molecule has 1 fully saturated rings. The fourth-order valence-corrected chi connectivity index (χ4v) is 3.76. The fourth-order valence-electron chi connectivity index (χ4n) is 2.57. The summed E-state index contributed by atoms with van der Waals surface area (Å²) in [5.41, 5.74) is 6.16. The Kier molecular flexibility index (Phi) is 5.32. The number of nitrogens with two attached hydrogens (primary N) is 1. The van der Waals surface area contributed by atoms with Gasteiger partial charge in [-0.2, -0.15) is 0 Å². The summed E-state index contributed by atoms with van der Waals surface area (Å²) in [6.45, 7) is 2.94. The van der Waals surface area contributed by atoms with Gasteiger partial charge in [0.25, 0.3) is 0 Å². The first-order valence-corrected chi connectivity index (χ1v) is 8.67. The molecule has 0 radical (unpaired) electrons. The molecule has 6 nitrogen and oxygen atoms in total. The molecular formula is C14H24N4O2S. The molecule has 7 heteroatoms. The second-order valence-corrected chi connectivity index (χ2v) is 7.77. The van der Waals surface area contributed by atoms with Crippen LogP contribution in [-0.2, 0) is 16.6 Å². The van der Waals surface area contributed by atoms with Crippen LogP contribution in [0.4, 0.5) is 0 Å². The molecule has 21 heavy (non-hydrogen) atoms. The minimum atomic E-state index is -3.46. The van der Waals surface area contributed by atoms with Crippen LogP contribution in [0.1, 0.15) is 18.5 Å². The highest BCUT2D eigenvalue weighted by molar-refractivity contribution is 7.89. The predicted molar refractivity (Wildman–Crippen MR) is 82.2 cm³/mol. The van der Waals surface area contributed by atoms with Crippen molar-refractivity contribution in [3.05, 3.63) is 24.0 Å². The summed E-state index contributed by atoms with van der Waals surface area (Å²) >= 11 is 0. The Morgan fingerprint density at radius 3 is 2.57 bits per heavy atom. The van der Waals surface area contributed by atoms with E-state index >= 15 is 0 Å². The molecule has 0 spiro atoms. The van der Waals surface area contributed by atoms with Crippen LogP contribution in [-0.4, -0.2) is 56.3 Å². The van der Waals surface area contributed by atoms with Crippen molar-refractivity contribution in [1.29, 1.82) is 0 Å². The van der Waals surface area contributed by atoms with Gasteiger partial charge in [0.1, 0.15) is 4.90 Å². The van der Waals surface area contributed by atoms with Crippen LogP contribution in [0.5, 0.6) is 0 Å². The summed E-state index contributed by atoms with van der Waals surface area (Å²) in [7, 11) is 0.281. The van der Waals surface area contributed by atoms with E-state index < -0.39 is 10.0 Å². The van der Waals surface area contributed by atoms with Crippen molar-refractivity contribution in [3.63, 3.8) is 0 Å². The Morgan fingerprint density at radius 2 is 2.05 bits per heavy atom. The van der Waals surface area contributed by atoms with Crippen molar-refractivity contribution in [2.45, 2.75) is 24.3 Å². The van der Waals surface area contributed by atoms with Gasteiger partial charge in [0.2, 0.25) is 10.0 Å². The van der Waals surface area contributed by atoms with Crippen LogP contribution >= 0.6 is 0 Å². The van der Waals surface area contributed by atoms with E-state index in [4.69, 9.17) is 5.73 Å². The minimum absolute atomic E-state index is 0.232. The molecule has 0 unspecified atom stereocenters. The van der Waals surface area contributed by atoms with E-state index in [0.29, 0.717) is 24.7 Å². The highest BCUT2D eigenvalue weighted by Gasteiger charge is 2.25. The van der Waals surface area contributed by atoms with Crippen LogP contribution in [0.3, 0.4) is 0 Å². The Labute approximate surface area is 127 Å². The second-order valence-electron chi connectivity index (χ2n) is 5.72. The van der Waals surface area contributed by atoms with E-state index in [0.717, 1.165) is 25.9 Å². The van der Waals surface area contributed by atoms with Gasteiger partial charge in [-0.25, -0.2) is 12.7 Å². The summed E-state index contributed by atoms with van der Waals surface area (Å²) in [6.07, 6.45) is 3.48. The highest BCUT2D eigenvalue weighted by Crippen LogP contribution is 2.20. The van der Waals surface area contributed by atoms with Crippen molar-refractivity contribution < 1.29 is 8.42 Å². The summed E-state index contributed by atoms with van der Waals surface area (Å²) in [5, 5.41) is 0. The van der Waals surface area contributed by atoms with Crippen LogP contribution in [0.25, 0.3) is 0 Å². The quantitative estimate of drug-likeness (QED) is 0.856. The Morgan fingerprint density at radius 1 is 1.38 bits per heavy atom. The van der Waals surface area contributed by atoms with E-state index in [2.05, 4.69) is 16.9 Å². The van der Waals surface area contributed by atoms with Gasteiger partial charge >= 0.3 is 0 Å². The van der Waals surface area contributed by atoms with Gasteiger partial charge in [-0.1, -0.05) is 0 Å². The Hall–Kier alpha value is -1.02. The molecule has 0 aromatic carbocycles. The van der Waals surface area contributed by atoms with Crippen molar-refractivity contribution in [3.8, 4) is 0 Å². The maximum absolute atomic E-state index is 12.5. The number of likely N-dealkylation sites (tertiary alicyclic amines) is 1. The number of piperidine rings is 1. The monoisotopic (exact) mass is 312 g/mol. The first-order chi connectivity index (χ1) is 9.93. The van der Waals surface area contributed by atoms with E-state index in [9.17, 15) is 8.42 Å². The molecule has 1 aliphatic heterocycles. The van der Waals surface area contributed by atoms with E-state index in [1.165, 1.54) is 10.5 Å². The summed E-state index contributed by atoms with van der Waals surface area (Å²) in [5.74, 6) is 0.428. The third-order valence-corrected chi connectivity index (χ3v) is 5.88. The minimum Gasteiger partial charge on any atom is -0.325 e. The van der Waals surface area contributed by atoms with Crippen molar-refractivity contribution in [1.82, 2.24) is 14.2 Å². The molecule has 2 heterocycles. The Balaban J connectivity index is 2.03. The highest BCUT2D eigenvalue weighted by atomic mass is 32.2. The van der Waals surface area contributed by atoms with Crippen molar-refractivity contribution in [2.24, 2.45) is 11.7 Å². The second kappa shape index (κ2) is 6.83. The molecule has 0 bridgehead atoms. The maximum atomic E-state index is 12.5. The van der Waals surface area contributed by atoms with E-state index in [1.807, 2.05) is 0 Å². The van der Waals surface area contributed by atoms with E-state index in [1.54, 1.807) is 19.2 Å². The van der Waals surface area contributed by atoms with Gasteiger partial charge in [0.05, 0.1) is 5.69 Å². The fraction of sp³-hybridized carbons (Fsp3) is 0.643. The molecule has 1 aromatic rings. The molecule has 1 aliphatic rings. The number of sulfonamides is 1. The Bertz CT molecular complexity index is 551. The molecule has 0 amide bonds. The lowest BCUT2D eigenvalue weighted by atomic mass is 9.97. The molecule has 1 saturated heterocycles. The average Bonchev–Trinajstić information content (AvgIpc) is 2.49. The number of rotatable bonds is 5. The van der Waals surface area contributed by atoms with Crippen LogP contribution < -0.4 is 5.73 Å². The SMILES string of the molecule is CN1CCC(CN(C)S(=O)(=O)c2ccc(CN)nc2)CC1. The summed E-state index contributed by atoms with van der Waals surface area (Å²) < 4.78 is 26.5. The van der Waals surface area contributed by atoms with Crippen molar-refractivity contribution >= 4 is 10.0 Å². The molecule has 118 valence electrons. The zero-order valence-corrected chi connectivity index (χ0v) is 13.5. The van der Waals surface area contributed by atoms with Crippen LogP contribution in [0.2, 0.25) is 0 Å². The van der Waals surface area contributed by atoms with E-state index in [-0.39, 0.29) is 4.90 Å². The molecule has 1 aromatic heterocycles. The van der Waals surface area contributed by atoms with Gasteiger partial charge in [0.15, 0.2) is 0 Å². The number of nitrogens with zero attached hydrogens (tertiary/aromatic N) is 3. The normalized spacial score (nSPS) is 18.3. The van der Waals surface area contributed by atoms with Gasteiger partial charge in [0, 0.05) is 26.3 Å². The molecule has 2 N–H and O–H groups in total. The molecule has 2 rings (SSSR count). The smallest absolute Gasteiger partial charge is 0.244 e. The third kappa shape index (κ3) is 4.00. The molecule has 0 aliphatic carbocycles. The van der Waals surface area contributed by atoms with Crippen molar-refractivity contribution in [2.75, 3.05) is 33.7 Å². The zero-order valence-electron chi connectivity index (χ0n) is 12.7. The van der Waals surface area contributed by atoms with Gasteiger partial charge in [-0.3, -0.25) is 4.98 Å². The largest absolute Gasteiger partial charge is 0.325 e. The maximum Gasteiger partial charge on any atom is 0.244 e. The van der Waals surface area contributed by atoms with Crippen LogP contribution in [0, 0.1) is 5.92 Å². The summed E-state index contributed by atoms with van der Waals surface area (Å²) in [6, 6.07) is 3.24. The predicted octanol–water partition coefficient (Wildman–Crippen LogP) is 0.503. The number of aromatic nitrogens is 1. The van der Waals surface area contributed by atoms with Gasteiger partial charge < -0.3 is 10.6 Å². The number of pyridine rings is 1. The lowest BCUT2D eigenvalue weighted by Gasteiger charge is -2.31. The number of hydrogen-bond acceptors (Lipinski definition) is 5. The molecule has 0 saturated carbocycles. The lowest BCUT2D eigenvalue weighted by Crippen LogP contribution is -2.38. The zero-order chi connectivity index (χ0) is 15.5. The topological polar surface area (TPSA) is 79.5 Å².